The predicted octanol–water partition coefficient (Wildman–Crippen LogP) is 3.15. The van der Waals surface area contributed by atoms with Gasteiger partial charge in [-0.15, -0.1) is 0 Å². The van der Waals surface area contributed by atoms with Crippen LogP contribution in [0.15, 0.2) is 24.3 Å². The Hall–Kier alpha value is -1.06. The quantitative estimate of drug-likeness (QED) is 0.711. The normalized spacial score (nSPS) is 11.3. The Labute approximate surface area is 124 Å². The van der Waals surface area contributed by atoms with Gasteiger partial charge in [0.15, 0.2) is 0 Å². The molecule has 0 spiro atoms. The van der Waals surface area contributed by atoms with E-state index in [-0.39, 0.29) is 0 Å². The summed E-state index contributed by atoms with van der Waals surface area (Å²) in [6, 6.07) is 8.36. The van der Waals surface area contributed by atoms with Crippen molar-refractivity contribution in [1.29, 1.82) is 0 Å². The highest BCUT2D eigenvalue weighted by atomic mass is 16.5. The number of hydrogen-bond acceptors (Lipinski definition) is 3. The largest absolute Gasteiger partial charge is 0.492 e. The molecule has 3 nitrogen and oxygen atoms in total. The van der Waals surface area contributed by atoms with Crippen LogP contribution in [0.3, 0.4) is 0 Å². The van der Waals surface area contributed by atoms with Crippen LogP contribution in [0.4, 0.5) is 0 Å². The van der Waals surface area contributed by atoms with Gasteiger partial charge in [-0.25, -0.2) is 0 Å². The zero-order valence-corrected chi connectivity index (χ0v) is 13.5. The molecular formula is C17H30N2O. The highest BCUT2D eigenvalue weighted by Crippen LogP contribution is 2.13. The number of benzene rings is 1. The molecule has 0 aliphatic heterocycles. The molecule has 0 saturated heterocycles. The highest BCUT2D eigenvalue weighted by molar-refractivity contribution is 5.28. The third kappa shape index (κ3) is 6.92. The van der Waals surface area contributed by atoms with Crippen molar-refractivity contribution in [2.45, 2.75) is 34.2 Å². The van der Waals surface area contributed by atoms with E-state index in [0.717, 1.165) is 45.1 Å². The number of nitrogens with one attached hydrogen (secondary N) is 1. The van der Waals surface area contributed by atoms with Crippen molar-refractivity contribution in [3.05, 3.63) is 29.8 Å². The summed E-state index contributed by atoms with van der Waals surface area (Å²) in [5, 5.41) is 3.33. The summed E-state index contributed by atoms with van der Waals surface area (Å²) in [5.41, 5.74) is 1.28. The first-order valence-corrected chi connectivity index (χ1v) is 7.80. The molecule has 0 aliphatic carbocycles. The van der Waals surface area contributed by atoms with Crippen LogP contribution in [0.25, 0.3) is 0 Å². The minimum absolute atomic E-state index is 0.707. The van der Waals surface area contributed by atoms with E-state index >= 15 is 0 Å². The topological polar surface area (TPSA) is 24.5 Å². The van der Waals surface area contributed by atoms with E-state index in [1.165, 1.54) is 5.56 Å². The molecule has 0 aliphatic rings. The lowest BCUT2D eigenvalue weighted by molar-refractivity contribution is 0.200. The molecule has 0 unspecified atom stereocenters. The molecule has 0 heterocycles. The number of nitrogens with zero attached hydrogens (tertiary/aromatic N) is 1. The number of rotatable bonds is 10. The van der Waals surface area contributed by atoms with Gasteiger partial charge in [-0.05, 0) is 36.7 Å². The third-order valence-corrected chi connectivity index (χ3v) is 3.22. The fourth-order valence-corrected chi connectivity index (χ4v) is 2.20. The summed E-state index contributed by atoms with van der Waals surface area (Å²) >= 11 is 0. The van der Waals surface area contributed by atoms with Crippen LogP contribution >= 0.6 is 0 Å². The lowest BCUT2D eigenvalue weighted by Gasteiger charge is -2.22. The molecule has 3 heteroatoms. The second kappa shape index (κ2) is 9.78. The molecule has 0 amide bonds. The minimum Gasteiger partial charge on any atom is -0.492 e. The Morgan fingerprint density at radius 2 is 2.05 bits per heavy atom. The van der Waals surface area contributed by atoms with E-state index in [0.29, 0.717) is 5.92 Å². The highest BCUT2D eigenvalue weighted by Gasteiger charge is 2.05. The van der Waals surface area contributed by atoms with Crippen molar-refractivity contribution in [2.75, 3.05) is 32.8 Å². The summed E-state index contributed by atoms with van der Waals surface area (Å²) in [6.07, 6.45) is 0. The van der Waals surface area contributed by atoms with Crippen LogP contribution in [0.5, 0.6) is 5.75 Å². The molecule has 1 N–H and O–H groups in total. The fourth-order valence-electron chi connectivity index (χ4n) is 2.20. The lowest BCUT2D eigenvalue weighted by atomic mass is 10.2. The van der Waals surface area contributed by atoms with Gasteiger partial charge in [0.25, 0.3) is 0 Å². The van der Waals surface area contributed by atoms with Crippen molar-refractivity contribution in [3.8, 4) is 5.75 Å². The summed E-state index contributed by atoms with van der Waals surface area (Å²) in [4.78, 5) is 2.44. The number of ether oxygens (including phenoxy) is 1. The molecule has 1 aromatic carbocycles. The molecule has 1 rings (SSSR count). The molecule has 0 atom stereocenters. The van der Waals surface area contributed by atoms with Crippen LogP contribution in [0.2, 0.25) is 0 Å². The van der Waals surface area contributed by atoms with Gasteiger partial charge < -0.3 is 10.1 Å². The van der Waals surface area contributed by atoms with Crippen molar-refractivity contribution < 1.29 is 4.74 Å². The second-order valence-electron chi connectivity index (χ2n) is 5.56. The minimum atomic E-state index is 0.707. The first kappa shape index (κ1) is 17.0. The zero-order valence-electron chi connectivity index (χ0n) is 13.5. The van der Waals surface area contributed by atoms with E-state index in [4.69, 9.17) is 4.74 Å². The fraction of sp³-hybridized carbons (Fsp3) is 0.647. The molecule has 0 aromatic heterocycles. The number of likely N-dealkylation sites (N-methyl/N-ethyl adjacent to an activating group) is 1. The van der Waals surface area contributed by atoms with Gasteiger partial charge in [-0.3, -0.25) is 4.90 Å². The van der Waals surface area contributed by atoms with E-state index in [1.54, 1.807) is 0 Å². The second-order valence-corrected chi connectivity index (χ2v) is 5.56. The Morgan fingerprint density at radius 3 is 2.70 bits per heavy atom. The first-order valence-electron chi connectivity index (χ1n) is 7.80. The SMILES string of the molecule is CCNCc1cccc(OCCN(CC)CC(C)C)c1. The van der Waals surface area contributed by atoms with E-state index in [9.17, 15) is 0 Å². The molecular weight excluding hydrogens is 248 g/mol. The molecule has 0 radical (unpaired) electrons. The van der Waals surface area contributed by atoms with E-state index in [1.807, 2.05) is 6.07 Å². The third-order valence-electron chi connectivity index (χ3n) is 3.22. The van der Waals surface area contributed by atoms with Gasteiger partial charge in [0.05, 0.1) is 0 Å². The molecule has 114 valence electrons. The predicted molar refractivity (Wildman–Crippen MR) is 86.3 cm³/mol. The van der Waals surface area contributed by atoms with Gasteiger partial charge in [-0.2, -0.15) is 0 Å². The van der Waals surface area contributed by atoms with E-state index in [2.05, 4.69) is 56.1 Å². The summed E-state index contributed by atoms with van der Waals surface area (Å²) < 4.78 is 5.87. The summed E-state index contributed by atoms with van der Waals surface area (Å²) in [7, 11) is 0. The van der Waals surface area contributed by atoms with Gasteiger partial charge in [0.2, 0.25) is 0 Å². The smallest absolute Gasteiger partial charge is 0.119 e. The Morgan fingerprint density at radius 1 is 1.25 bits per heavy atom. The van der Waals surface area contributed by atoms with Gasteiger partial charge in [0.1, 0.15) is 12.4 Å². The monoisotopic (exact) mass is 278 g/mol. The maximum atomic E-state index is 5.87. The Bertz CT molecular complexity index is 366. The van der Waals surface area contributed by atoms with Crippen LogP contribution in [-0.4, -0.2) is 37.7 Å². The molecule has 0 fully saturated rings. The van der Waals surface area contributed by atoms with Crippen molar-refractivity contribution in [1.82, 2.24) is 10.2 Å². The van der Waals surface area contributed by atoms with Gasteiger partial charge in [0, 0.05) is 19.6 Å². The van der Waals surface area contributed by atoms with Crippen LogP contribution in [0, 0.1) is 5.92 Å². The molecule has 1 aromatic rings. The summed E-state index contributed by atoms with van der Waals surface area (Å²) in [6.45, 7) is 14.7. The molecule has 20 heavy (non-hydrogen) atoms. The van der Waals surface area contributed by atoms with Gasteiger partial charge >= 0.3 is 0 Å². The van der Waals surface area contributed by atoms with E-state index < -0.39 is 0 Å². The van der Waals surface area contributed by atoms with Crippen LogP contribution < -0.4 is 10.1 Å². The van der Waals surface area contributed by atoms with Crippen molar-refractivity contribution in [2.24, 2.45) is 5.92 Å². The lowest BCUT2D eigenvalue weighted by Crippen LogP contribution is -2.31. The molecule has 0 saturated carbocycles. The Kier molecular flexibility index (Phi) is 8.31. The average Bonchev–Trinajstić information content (AvgIpc) is 2.44. The van der Waals surface area contributed by atoms with Crippen LogP contribution in [0.1, 0.15) is 33.3 Å². The Balaban J connectivity index is 2.37. The van der Waals surface area contributed by atoms with Gasteiger partial charge in [-0.1, -0.05) is 39.8 Å². The standard InChI is InChI=1S/C17H30N2O/c1-5-18-13-16-8-7-9-17(12-16)20-11-10-19(6-2)14-15(3)4/h7-9,12,15,18H,5-6,10-11,13-14H2,1-4H3. The van der Waals surface area contributed by atoms with Crippen LogP contribution in [-0.2, 0) is 6.54 Å². The zero-order chi connectivity index (χ0) is 14.8. The molecule has 0 bridgehead atoms. The van der Waals surface area contributed by atoms with Crippen molar-refractivity contribution in [3.63, 3.8) is 0 Å². The number of hydrogen-bond donors (Lipinski definition) is 1. The maximum absolute atomic E-state index is 5.87. The average molecular weight is 278 g/mol. The van der Waals surface area contributed by atoms with Crippen molar-refractivity contribution >= 4 is 0 Å². The first-order chi connectivity index (χ1) is 9.65. The maximum Gasteiger partial charge on any atom is 0.119 e. The summed E-state index contributed by atoms with van der Waals surface area (Å²) in [5.74, 6) is 1.68.